The molecule has 8 nitrogen and oxygen atoms in total. The molecule has 0 aliphatic rings. The molecule has 3 N–H and O–H groups in total. The predicted octanol–water partition coefficient (Wildman–Crippen LogP) is 1.73. The third-order valence-electron chi connectivity index (χ3n) is 4.01. The highest BCUT2D eigenvalue weighted by Gasteiger charge is 2.18. The van der Waals surface area contributed by atoms with E-state index in [9.17, 15) is 13.2 Å². The third kappa shape index (κ3) is 4.33. The lowest BCUT2D eigenvalue weighted by Crippen LogP contribution is -2.24. The summed E-state index contributed by atoms with van der Waals surface area (Å²) in [5.41, 5.74) is 7.60. The molecule has 28 heavy (non-hydrogen) atoms. The van der Waals surface area contributed by atoms with Crippen LogP contribution in [0.4, 0.5) is 0 Å². The first-order valence-electron chi connectivity index (χ1n) is 8.23. The number of nitrogens with one attached hydrogen (secondary N) is 1. The van der Waals surface area contributed by atoms with Crippen LogP contribution in [0.3, 0.4) is 0 Å². The summed E-state index contributed by atoms with van der Waals surface area (Å²) in [5.74, 6) is -0.562. The van der Waals surface area contributed by atoms with Gasteiger partial charge in [-0.1, -0.05) is 0 Å². The van der Waals surface area contributed by atoms with Crippen molar-refractivity contribution in [1.29, 1.82) is 0 Å². The molecule has 0 bridgehead atoms. The van der Waals surface area contributed by atoms with Crippen LogP contribution >= 0.6 is 0 Å². The Morgan fingerprint density at radius 2 is 1.86 bits per heavy atom. The van der Waals surface area contributed by atoms with Crippen LogP contribution in [0.1, 0.15) is 15.9 Å². The second-order valence-electron chi connectivity index (χ2n) is 5.84. The van der Waals surface area contributed by atoms with E-state index in [2.05, 4.69) is 14.7 Å². The number of aromatic nitrogens is 2. The number of nitrogens with two attached hydrogens (primary N) is 1. The van der Waals surface area contributed by atoms with Crippen LogP contribution in [0.2, 0.25) is 0 Å². The van der Waals surface area contributed by atoms with Crippen LogP contribution in [0.25, 0.3) is 11.3 Å². The molecule has 0 saturated carbocycles. The van der Waals surface area contributed by atoms with Gasteiger partial charge in [0.25, 0.3) is 5.91 Å². The second-order valence-corrected chi connectivity index (χ2v) is 7.60. The maximum atomic E-state index is 12.6. The molecule has 3 rings (SSSR count). The molecule has 2 aromatic heterocycles. The van der Waals surface area contributed by atoms with Gasteiger partial charge >= 0.3 is 0 Å². The third-order valence-corrected chi connectivity index (χ3v) is 5.41. The van der Waals surface area contributed by atoms with Gasteiger partial charge in [-0.05, 0) is 48.0 Å². The van der Waals surface area contributed by atoms with Gasteiger partial charge in [-0.2, -0.15) is 0 Å². The average Bonchev–Trinajstić information content (AvgIpc) is 2.72. The Kier molecular flexibility index (Phi) is 5.67. The topological polar surface area (TPSA) is 124 Å². The molecule has 0 unspecified atom stereocenters. The molecular weight excluding hydrogens is 380 g/mol. The molecule has 2 heterocycles. The number of sulfonamides is 1. The van der Waals surface area contributed by atoms with Gasteiger partial charge in [0.1, 0.15) is 5.75 Å². The Balaban J connectivity index is 1.81. The van der Waals surface area contributed by atoms with E-state index < -0.39 is 15.9 Å². The van der Waals surface area contributed by atoms with Gasteiger partial charge in [-0.15, -0.1) is 0 Å². The van der Waals surface area contributed by atoms with Gasteiger partial charge in [0.15, 0.2) is 0 Å². The zero-order chi connectivity index (χ0) is 20.1. The summed E-state index contributed by atoms with van der Waals surface area (Å²) >= 11 is 0. The van der Waals surface area contributed by atoms with Crippen molar-refractivity contribution in [3.05, 3.63) is 72.2 Å². The number of benzene rings is 1. The summed E-state index contributed by atoms with van der Waals surface area (Å²) < 4.78 is 32.8. The zero-order valence-corrected chi connectivity index (χ0v) is 15.8. The van der Waals surface area contributed by atoms with Crippen molar-refractivity contribution in [2.24, 2.45) is 5.73 Å². The predicted molar refractivity (Wildman–Crippen MR) is 103 cm³/mol. The molecule has 0 spiro atoms. The number of carbonyl (C=O) groups is 1. The number of carbonyl (C=O) groups excluding carboxylic acids is 1. The molecule has 144 valence electrons. The lowest BCUT2D eigenvalue weighted by molar-refractivity contribution is 0.0997. The number of primary amides is 1. The van der Waals surface area contributed by atoms with Crippen LogP contribution in [0.5, 0.6) is 5.75 Å². The molecule has 9 heteroatoms. The van der Waals surface area contributed by atoms with E-state index in [1.54, 1.807) is 30.7 Å². The number of pyridine rings is 2. The van der Waals surface area contributed by atoms with Crippen molar-refractivity contribution in [1.82, 2.24) is 14.7 Å². The Labute approximate surface area is 162 Å². The highest BCUT2D eigenvalue weighted by Crippen LogP contribution is 2.22. The number of hydrogen-bond donors (Lipinski definition) is 2. The average molecular weight is 398 g/mol. The number of rotatable bonds is 7. The first kappa shape index (κ1) is 19.5. The summed E-state index contributed by atoms with van der Waals surface area (Å²) in [6, 6.07) is 11.1. The van der Waals surface area contributed by atoms with E-state index in [4.69, 9.17) is 10.5 Å². The Morgan fingerprint density at radius 3 is 2.54 bits per heavy atom. The Bertz CT molecular complexity index is 1100. The number of methoxy groups -OCH3 is 1. The lowest BCUT2D eigenvalue weighted by atomic mass is 10.1. The number of hydrogen-bond acceptors (Lipinski definition) is 6. The summed E-state index contributed by atoms with van der Waals surface area (Å²) in [7, 11) is -2.49. The number of ether oxygens (including phenoxy) is 1. The fourth-order valence-corrected chi connectivity index (χ4v) is 3.62. The summed E-state index contributed by atoms with van der Waals surface area (Å²) in [6.45, 7) is 0.0564. The summed E-state index contributed by atoms with van der Waals surface area (Å²) in [4.78, 5) is 19.7. The van der Waals surface area contributed by atoms with Crippen molar-refractivity contribution in [2.75, 3.05) is 7.11 Å². The first-order valence-corrected chi connectivity index (χ1v) is 9.72. The minimum Gasteiger partial charge on any atom is -0.496 e. The van der Waals surface area contributed by atoms with Crippen LogP contribution in [0, 0.1) is 0 Å². The molecule has 0 aliphatic carbocycles. The van der Waals surface area contributed by atoms with Gasteiger partial charge in [0.05, 0.1) is 23.3 Å². The zero-order valence-electron chi connectivity index (χ0n) is 15.0. The molecule has 1 aromatic carbocycles. The fraction of sp³-hybridized carbons (Fsp3) is 0.105. The normalized spacial score (nSPS) is 11.2. The van der Waals surface area contributed by atoms with Gasteiger partial charge in [0.2, 0.25) is 10.0 Å². The first-order chi connectivity index (χ1) is 13.4. The lowest BCUT2D eigenvalue weighted by Gasteiger charge is -2.11. The molecule has 3 aromatic rings. The number of amides is 1. The van der Waals surface area contributed by atoms with E-state index in [0.717, 1.165) is 11.1 Å². The molecule has 0 fully saturated rings. The van der Waals surface area contributed by atoms with Crippen molar-refractivity contribution < 1.29 is 17.9 Å². The minimum atomic E-state index is -3.86. The van der Waals surface area contributed by atoms with Crippen LogP contribution in [-0.2, 0) is 16.6 Å². The highest BCUT2D eigenvalue weighted by atomic mass is 32.2. The standard InChI is InChI=1S/C19H18N4O4S/c1-27-18-3-2-15(11-16(18)19(20)24)28(25,26)23-12-13-4-9-22-17(10-13)14-5-7-21-8-6-14/h2-11,23H,12H2,1H3,(H2,20,24). The molecule has 0 radical (unpaired) electrons. The SMILES string of the molecule is COc1ccc(S(=O)(=O)NCc2ccnc(-c3ccncc3)c2)cc1C(N)=O. The van der Waals surface area contributed by atoms with E-state index >= 15 is 0 Å². The van der Waals surface area contributed by atoms with E-state index in [-0.39, 0.29) is 22.8 Å². The molecule has 0 saturated heterocycles. The monoisotopic (exact) mass is 398 g/mol. The maximum Gasteiger partial charge on any atom is 0.252 e. The Hall–Kier alpha value is -3.30. The van der Waals surface area contributed by atoms with Gasteiger partial charge in [-0.3, -0.25) is 14.8 Å². The fourth-order valence-electron chi connectivity index (χ4n) is 2.57. The van der Waals surface area contributed by atoms with Gasteiger partial charge in [-0.25, -0.2) is 13.1 Å². The van der Waals surface area contributed by atoms with E-state index in [1.165, 1.54) is 25.3 Å². The van der Waals surface area contributed by atoms with E-state index in [1.807, 2.05) is 12.1 Å². The van der Waals surface area contributed by atoms with Crippen LogP contribution < -0.4 is 15.2 Å². The van der Waals surface area contributed by atoms with E-state index in [0.29, 0.717) is 5.69 Å². The second kappa shape index (κ2) is 8.15. The molecular formula is C19H18N4O4S. The minimum absolute atomic E-state index is 0.00532. The van der Waals surface area contributed by atoms with Crippen molar-refractivity contribution in [3.63, 3.8) is 0 Å². The molecule has 1 amide bonds. The number of nitrogens with zero attached hydrogens (tertiary/aromatic N) is 2. The van der Waals surface area contributed by atoms with Gasteiger partial charge in [0, 0.05) is 30.7 Å². The largest absolute Gasteiger partial charge is 0.496 e. The van der Waals surface area contributed by atoms with Gasteiger partial charge < -0.3 is 10.5 Å². The van der Waals surface area contributed by atoms with Crippen molar-refractivity contribution in [3.8, 4) is 17.0 Å². The Morgan fingerprint density at radius 1 is 1.11 bits per heavy atom. The smallest absolute Gasteiger partial charge is 0.252 e. The molecule has 0 atom stereocenters. The summed E-state index contributed by atoms with van der Waals surface area (Å²) in [6.07, 6.45) is 4.93. The maximum absolute atomic E-state index is 12.6. The quantitative estimate of drug-likeness (QED) is 0.624. The van der Waals surface area contributed by atoms with Crippen molar-refractivity contribution in [2.45, 2.75) is 11.4 Å². The summed E-state index contributed by atoms with van der Waals surface area (Å²) in [5, 5.41) is 0. The van der Waals surface area contributed by atoms with Crippen LogP contribution in [-0.4, -0.2) is 31.4 Å². The highest BCUT2D eigenvalue weighted by molar-refractivity contribution is 7.89. The molecule has 0 aliphatic heterocycles. The van der Waals surface area contributed by atoms with Crippen LogP contribution in [0.15, 0.2) is 66.0 Å². The van der Waals surface area contributed by atoms with Crippen molar-refractivity contribution >= 4 is 15.9 Å².